The molecule has 7 heteroatoms. The molecule has 1 aliphatic heterocycles. The van der Waals surface area contributed by atoms with E-state index >= 15 is 0 Å². The molecule has 1 saturated heterocycles. The van der Waals surface area contributed by atoms with Crippen LogP contribution in [0.3, 0.4) is 0 Å². The number of rotatable bonds is 5. The van der Waals surface area contributed by atoms with Crippen LogP contribution >= 0.6 is 0 Å². The van der Waals surface area contributed by atoms with Gasteiger partial charge in [-0.25, -0.2) is 13.2 Å². The molecule has 1 aliphatic carbocycles. The molecular formula is C29H28F3NO2S. The fraction of sp³-hybridized carbons (Fsp3) is 0.345. The third-order valence-corrected chi connectivity index (χ3v) is 9.52. The van der Waals surface area contributed by atoms with Crippen LogP contribution in [0.5, 0.6) is 0 Å². The molecule has 0 radical (unpaired) electrons. The Kier molecular flexibility index (Phi) is 7.02. The fourth-order valence-corrected chi connectivity index (χ4v) is 7.30. The van der Waals surface area contributed by atoms with Crippen LogP contribution in [0.15, 0.2) is 71.6 Å². The van der Waals surface area contributed by atoms with E-state index in [1.165, 1.54) is 42.5 Å². The van der Waals surface area contributed by atoms with Crippen molar-refractivity contribution in [1.82, 2.24) is 4.90 Å². The Hall–Kier alpha value is -2.93. The fourth-order valence-electron chi connectivity index (χ4n) is 5.57. The van der Waals surface area contributed by atoms with Crippen LogP contribution in [-0.4, -0.2) is 28.1 Å². The van der Waals surface area contributed by atoms with Gasteiger partial charge in [0, 0.05) is 23.9 Å². The molecule has 5 rings (SSSR count). The Morgan fingerprint density at radius 3 is 2.14 bits per heavy atom. The second-order valence-electron chi connectivity index (χ2n) is 9.74. The largest absolute Gasteiger partial charge is 0.341 e. The molecule has 36 heavy (non-hydrogen) atoms. The van der Waals surface area contributed by atoms with E-state index in [-0.39, 0.29) is 23.9 Å². The summed E-state index contributed by atoms with van der Waals surface area (Å²) in [4.78, 5) is 15.6. The number of carbonyl (C=O) groups is 1. The van der Waals surface area contributed by atoms with Gasteiger partial charge >= 0.3 is 0 Å². The maximum Gasteiger partial charge on any atom is 0.225 e. The SMILES string of the molecule is O=C(C1CCCCC1)N1CC[C@](c2ccc(-c3c(F)cccc3F)cc2)(S(=O)c2ccc(F)cc2)C1. The van der Waals surface area contributed by atoms with Crippen molar-refractivity contribution in [2.24, 2.45) is 5.92 Å². The Morgan fingerprint density at radius 1 is 0.861 bits per heavy atom. The molecule has 2 atom stereocenters. The summed E-state index contributed by atoms with van der Waals surface area (Å²) < 4.78 is 55.4. The lowest BCUT2D eigenvalue weighted by molar-refractivity contribution is -0.135. The average molecular weight is 512 g/mol. The zero-order valence-corrected chi connectivity index (χ0v) is 20.7. The number of likely N-dealkylation sites (tertiary alicyclic amines) is 1. The van der Waals surface area contributed by atoms with Crippen LogP contribution in [0.4, 0.5) is 13.2 Å². The molecule has 0 bridgehead atoms. The highest BCUT2D eigenvalue weighted by molar-refractivity contribution is 7.86. The van der Waals surface area contributed by atoms with Gasteiger partial charge in [0.15, 0.2) is 0 Å². The third-order valence-electron chi connectivity index (χ3n) is 7.54. The minimum absolute atomic E-state index is 0.000198. The van der Waals surface area contributed by atoms with Crippen molar-refractivity contribution in [3.63, 3.8) is 0 Å². The van der Waals surface area contributed by atoms with Gasteiger partial charge in [-0.2, -0.15) is 0 Å². The van der Waals surface area contributed by atoms with Crippen molar-refractivity contribution in [2.45, 2.75) is 48.2 Å². The first-order valence-corrected chi connectivity index (χ1v) is 13.6. The van der Waals surface area contributed by atoms with E-state index in [0.29, 0.717) is 23.4 Å². The van der Waals surface area contributed by atoms with Gasteiger partial charge in [0.1, 0.15) is 17.5 Å². The molecule has 0 spiro atoms. The van der Waals surface area contributed by atoms with E-state index in [1.54, 1.807) is 24.3 Å². The lowest BCUT2D eigenvalue weighted by atomic mass is 9.88. The molecule has 1 unspecified atom stereocenters. The Bertz CT molecular complexity index is 1250. The summed E-state index contributed by atoms with van der Waals surface area (Å²) in [5.41, 5.74) is 0.994. The minimum Gasteiger partial charge on any atom is -0.341 e. The molecule has 188 valence electrons. The number of hydrogen-bond donors (Lipinski definition) is 0. The highest BCUT2D eigenvalue weighted by Crippen LogP contribution is 2.42. The van der Waals surface area contributed by atoms with Gasteiger partial charge in [-0.3, -0.25) is 9.00 Å². The summed E-state index contributed by atoms with van der Waals surface area (Å²) in [6.45, 7) is 0.756. The van der Waals surface area contributed by atoms with Crippen molar-refractivity contribution in [1.29, 1.82) is 0 Å². The van der Waals surface area contributed by atoms with Crippen molar-refractivity contribution < 1.29 is 22.2 Å². The van der Waals surface area contributed by atoms with Crippen LogP contribution in [0.1, 0.15) is 44.1 Å². The van der Waals surface area contributed by atoms with Crippen molar-refractivity contribution in [2.75, 3.05) is 13.1 Å². The summed E-state index contributed by atoms with van der Waals surface area (Å²) in [5, 5.41) is 0. The number of halogens is 3. The van der Waals surface area contributed by atoms with Crippen LogP contribution in [0.25, 0.3) is 11.1 Å². The first-order valence-electron chi connectivity index (χ1n) is 12.4. The summed E-state index contributed by atoms with van der Waals surface area (Å²) in [7, 11) is -1.59. The van der Waals surface area contributed by atoms with Gasteiger partial charge < -0.3 is 4.90 Å². The lowest BCUT2D eigenvalue weighted by Gasteiger charge is -2.31. The Labute approximate surface area is 211 Å². The van der Waals surface area contributed by atoms with Gasteiger partial charge in [0.2, 0.25) is 5.91 Å². The normalized spacial score (nSPS) is 21.5. The second-order valence-corrected chi connectivity index (χ2v) is 11.5. The van der Waals surface area contributed by atoms with Crippen molar-refractivity contribution in [3.8, 4) is 11.1 Å². The summed E-state index contributed by atoms with van der Waals surface area (Å²) in [6.07, 6.45) is 5.48. The minimum atomic E-state index is -1.59. The van der Waals surface area contributed by atoms with E-state index < -0.39 is 33.0 Å². The van der Waals surface area contributed by atoms with Gasteiger partial charge in [-0.15, -0.1) is 0 Å². The highest BCUT2D eigenvalue weighted by Gasteiger charge is 2.47. The zero-order valence-electron chi connectivity index (χ0n) is 19.9. The van der Waals surface area contributed by atoms with Gasteiger partial charge in [-0.05, 0) is 66.8 Å². The maximum absolute atomic E-state index is 14.3. The van der Waals surface area contributed by atoms with E-state index in [0.717, 1.165) is 37.7 Å². The maximum atomic E-state index is 14.3. The number of nitrogens with zero attached hydrogens (tertiary/aromatic N) is 1. The predicted octanol–water partition coefficient (Wildman–Crippen LogP) is 6.59. The lowest BCUT2D eigenvalue weighted by Crippen LogP contribution is -2.40. The molecule has 3 aromatic carbocycles. The summed E-state index contributed by atoms with van der Waals surface area (Å²) >= 11 is 0. The quantitative estimate of drug-likeness (QED) is 0.388. The standard InChI is InChI=1S/C29H28F3NO2S/c30-23-13-15-24(16-14-23)36(35)29(17-18-33(19-29)28(34)21-5-2-1-3-6-21)22-11-9-20(10-12-22)27-25(31)7-4-8-26(27)32/h4,7-16,21H,1-3,5-6,17-19H2/t29-,36?/m0/s1. The second kappa shape index (κ2) is 10.2. The zero-order chi connectivity index (χ0) is 25.3. The third kappa shape index (κ3) is 4.61. The molecule has 2 aliphatic rings. The molecule has 0 aromatic heterocycles. The van der Waals surface area contributed by atoms with Crippen LogP contribution in [-0.2, 0) is 20.3 Å². The van der Waals surface area contributed by atoms with E-state index in [2.05, 4.69) is 0 Å². The van der Waals surface area contributed by atoms with Crippen LogP contribution < -0.4 is 0 Å². The van der Waals surface area contributed by atoms with Gasteiger partial charge in [0.05, 0.1) is 21.1 Å². The molecule has 2 fully saturated rings. The van der Waals surface area contributed by atoms with Crippen molar-refractivity contribution >= 4 is 16.7 Å². The van der Waals surface area contributed by atoms with E-state index in [4.69, 9.17) is 0 Å². The topological polar surface area (TPSA) is 37.4 Å². The number of carbonyl (C=O) groups excluding carboxylic acids is 1. The molecular weight excluding hydrogens is 483 g/mol. The van der Waals surface area contributed by atoms with Gasteiger partial charge in [0.25, 0.3) is 0 Å². The Morgan fingerprint density at radius 2 is 1.50 bits per heavy atom. The molecule has 1 heterocycles. The van der Waals surface area contributed by atoms with E-state index in [9.17, 15) is 22.2 Å². The molecule has 0 N–H and O–H groups in total. The average Bonchev–Trinajstić information content (AvgIpc) is 3.36. The number of benzene rings is 3. The predicted molar refractivity (Wildman–Crippen MR) is 134 cm³/mol. The van der Waals surface area contributed by atoms with Gasteiger partial charge in [-0.1, -0.05) is 49.6 Å². The number of amides is 1. The molecule has 1 saturated carbocycles. The van der Waals surface area contributed by atoms with Crippen LogP contribution in [0.2, 0.25) is 0 Å². The molecule has 1 amide bonds. The summed E-state index contributed by atoms with van der Waals surface area (Å²) in [5.74, 6) is -1.62. The number of hydrogen-bond acceptors (Lipinski definition) is 2. The molecule has 3 aromatic rings. The highest BCUT2D eigenvalue weighted by atomic mass is 32.2. The van der Waals surface area contributed by atoms with Crippen LogP contribution in [0, 0.1) is 23.4 Å². The smallest absolute Gasteiger partial charge is 0.225 e. The first kappa shape index (κ1) is 24.8. The van der Waals surface area contributed by atoms with E-state index in [1.807, 2.05) is 4.90 Å². The first-order chi connectivity index (χ1) is 17.4. The Balaban J connectivity index is 1.51. The molecule has 3 nitrogen and oxygen atoms in total. The summed E-state index contributed by atoms with van der Waals surface area (Å²) in [6, 6.07) is 16.1. The monoisotopic (exact) mass is 511 g/mol. The van der Waals surface area contributed by atoms with Crippen molar-refractivity contribution in [3.05, 3.63) is 89.7 Å².